The second kappa shape index (κ2) is 8.71. The zero-order chi connectivity index (χ0) is 24.2. The van der Waals surface area contributed by atoms with Crippen LogP contribution < -0.4 is 0 Å². The predicted octanol–water partition coefficient (Wildman–Crippen LogP) is 4.86. The lowest BCUT2D eigenvalue weighted by Crippen LogP contribution is -2.50. The Hall–Kier alpha value is -2.78. The number of aryl methyl sites for hydroxylation is 2. The molecule has 9 heteroatoms. The highest BCUT2D eigenvalue weighted by Crippen LogP contribution is 2.35. The number of thiophene rings is 1. The van der Waals surface area contributed by atoms with Crippen molar-refractivity contribution < 1.29 is 13.2 Å². The molecule has 0 saturated carbocycles. The summed E-state index contributed by atoms with van der Waals surface area (Å²) in [4.78, 5) is 19.2. The number of pyridine rings is 1. The number of halogens is 1. The molecule has 0 atom stereocenters. The molecule has 2 aromatic carbocycles. The van der Waals surface area contributed by atoms with Crippen LogP contribution in [0.25, 0.3) is 21.2 Å². The highest BCUT2D eigenvalue weighted by Gasteiger charge is 2.32. The summed E-state index contributed by atoms with van der Waals surface area (Å²) in [5, 5.41) is 1.44. The fraction of sp³-hybridized carbons (Fsp3) is 0.231. The van der Waals surface area contributed by atoms with E-state index < -0.39 is 10.0 Å². The third-order valence-corrected chi connectivity index (χ3v) is 10.5. The van der Waals surface area contributed by atoms with Gasteiger partial charge in [0.05, 0.1) is 0 Å². The highest BCUT2D eigenvalue weighted by atomic mass is 35.5. The summed E-state index contributed by atoms with van der Waals surface area (Å²) in [6, 6.07) is 15.0. The molecule has 2 aromatic heterocycles. The molecule has 1 fully saturated rings. The van der Waals surface area contributed by atoms with Crippen LogP contribution >= 0.6 is 22.9 Å². The maximum atomic E-state index is 13.2. The molecule has 0 radical (unpaired) electrons. The van der Waals surface area contributed by atoms with Gasteiger partial charge in [-0.15, -0.1) is 11.3 Å². The summed E-state index contributed by atoms with van der Waals surface area (Å²) >= 11 is 7.28. The van der Waals surface area contributed by atoms with Crippen molar-refractivity contribution in [2.45, 2.75) is 17.1 Å². The van der Waals surface area contributed by atoms with Crippen molar-refractivity contribution >= 4 is 49.0 Å². The van der Waals surface area contributed by atoms with E-state index >= 15 is 0 Å². The lowest BCUT2D eigenvalue weighted by Gasteiger charge is -2.34. The number of aromatic nitrogens is 1. The Kier molecular flexibility index (Phi) is 5.64. The number of carbonyl (C=O) groups is 1. The number of hydrogen-bond acceptors (Lipinski definition) is 5. The molecule has 0 N–H and O–H groups in total. The zero-order valence-electron chi connectivity index (χ0n) is 18.8. The van der Waals surface area contributed by atoms with Gasteiger partial charge < -0.3 is 4.90 Å². The fourth-order valence-corrected chi connectivity index (χ4v) is 8.16. The van der Waals surface area contributed by atoms with Crippen LogP contribution in [-0.4, -0.2) is 54.7 Å². The molecule has 1 amide bonds. The van der Waals surface area contributed by atoms with Crippen molar-refractivity contribution in [1.82, 2.24) is 14.2 Å². The lowest BCUT2D eigenvalue weighted by atomic mass is 9.86. The van der Waals surface area contributed by atoms with Crippen LogP contribution in [0.15, 0.2) is 65.1 Å². The van der Waals surface area contributed by atoms with Crippen LogP contribution in [0.4, 0.5) is 0 Å². The largest absolute Gasteiger partial charge is 0.336 e. The summed E-state index contributed by atoms with van der Waals surface area (Å²) < 4.78 is 29.1. The number of hydrogen-bond donors (Lipinski definition) is 0. The Labute approximate surface area is 212 Å². The maximum absolute atomic E-state index is 13.2. The van der Waals surface area contributed by atoms with Gasteiger partial charge in [-0.2, -0.15) is 4.31 Å². The molecule has 2 aliphatic rings. The van der Waals surface area contributed by atoms with Gasteiger partial charge in [0.25, 0.3) is 15.9 Å². The van der Waals surface area contributed by atoms with Gasteiger partial charge in [0.2, 0.25) is 0 Å². The van der Waals surface area contributed by atoms with E-state index in [1.165, 1.54) is 32.3 Å². The Bertz CT molecular complexity index is 1570. The van der Waals surface area contributed by atoms with E-state index in [-0.39, 0.29) is 19.0 Å². The SMILES string of the molecule is O=C(c1ccc2c(c1)CCc1cnccc1-2)N1CCN(S(=O)(=O)c2cc3ccc(Cl)cc3s2)CC1. The van der Waals surface area contributed by atoms with E-state index in [4.69, 9.17) is 11.6 Å². The second-order valence-corrected chi connectivity index (χ2v) is 12.5. The summed E-state index contributed by atoms with van der Waals surface area (Å²) in [7, 11) is -3.63. The van der Waals surface area contributed by atoms with Crippen LogP contribution in [-0.2, 0) is 22.9 Å². The van der Waals surface area contributed by atoms with E-state index in [9.17, 15) is 13.2 Å². The number of amides is 1. The van der Waals surface area contributed by atoms with Gasteiger partial charge in [-0.05, 0) is 76.9 Å². The third kappa shape index (κ3) is 4.04. The number of carbonyl (C=O) groups excluding carboxylic acids is 1. The fourth-order valence-electron chi connectivity index (χ4n) is 4.90. The minimum atomic E-state index is -3.63. The van der Waals surface area contributed by atoms with Crippen molar-refractivity contribution in [3.05, 3.63) is 82.6 Å². The molecular weight excluding hydrogens is 502 g/mol. The molecule has 6 nitrogen and oxygen atoms in total. The van der Waals surface area contributed by atoms with Crippen molar-refractivity contribution in [2.75, 3.05) is 26.2 Å². The first-order chi connectivity index (χ1) is 16.9. The molecule has 0 bridgehead atoms. The Morgan fingerprint density at radius 1 is 0.914 bits per heavy atom. The standard InChI is InChI=1S/C26H22ClN3O3S2/c27-21-5-3-18-14-25(34-24(18)15-21)35(32,33)30-11-9-29(10-12-30)26(31)19-4-6-22-17(13-19)1-2-20-16-28-8-7-23(20)22/h3-8,13-16H,1-2,9-12H2. The summed E-state index contributed by atoms with van der Waals surface area (Å²) in [5.41, 5.74) is 5.39. The van der Waals surface area contributed by atoms with Crippen LogP contribution in [0.5, 0.6) is 0 Å². The van der Waals surface area contributed by atoms with E-state index in [0.717, 1.165) is 28.5 Å². The summed E-state index contributed by atoms with van der Waals surface area (Å²) in [6.07, 6.45) is 5.50. The molecule has 0 unspecified atom stereocenters. The molecule has 4 aromatic rings. The molecule has 6 rings (SSSR count). The quantitative estimate of drug-likeness (QED) is 0.384. The number of piperazine rings is 1. The van der Waals surface area contributed by atoms with Gasteiger partial charge >= 0.3 is 0 Å². The Morgan fingerprint density at radius 2 is 1.69 bits per heavy atom. The number of fused-ring (bicyclic) bond motifs is 4. The average molecular weight is 524 g/mol. The molecule has 35 heavy (non-hydrogen) atoms. The van der Waals surface area contributed by atoms with E-state index in [0.29, 0.717) is 27.9 Å². The van der Waals surface area contributed by atoms with Gasteiger partial charge in [0.1, 0.15) is 4.21 Å². The number of rotatable bonds is 3. The first-order valence-electron chi connectivity index (χ1n) is 11.4. The average Bonchev–Trinajstić information content (AvgIpc) is 3.32. The Balaban J connectivity index is 1.17. The van der Waals surface area contributed by atoms with E-state index in [1.54, 1.807) is 29.3 Å². The second-order valence-electron chi connectivity index (χ2n) is 8.85. The smallest absolute Gasteiger partial charge is 0.253 e. The highest BCUT2D eigenvalue weighted by molar-refractivity contribution is 7.91. The number of nitrogens with zero attached hydrogens (tertiary/aromatic N) is 3. The number of benzene rings is 2. The first kappa shape index (κ1) is 22.7. The number of sulfonamides is 1. The first-order valence-corrected chi connectivity index (χ1v) is 14.1. The van der Waals surface area contributed by atoms with Crippen LogP contribution in [0.2, 0.25) is 5.02 Å². The van der Waals surface area contributed by atoms with Crippen LogP contribution in [0, 0.1) is 0 Å². The minimum absolute atomic E-state index is 0.0538. The third-order valence-electron chi connectivity index (χ3n) is 6.79. The van der Waals surface area contributed by atoms with Gasteiger partial charge in [0, 0.05) is 53.9 Å². The normalized spacial score (nSPS) is 16.2. The van der Waals surface area contributed by atoms with Gasteiger partial charge in [-0.3, -0.25) is 9.78 Å². The van der Waals surface area contributed by atoms with E-state index in [2.05, 4.69) is 4.98 Å². The van der Waals surface area contributed by atoms with Crippen LogP contribution in [0.1, 0.15) is 21.5 Å². The monoisotopic (exact) mass is 523 g/mol. The molecule has 0 spiro atoms. The zero-order valence-corrected chi connectivity index (χ0v) is 21.2. The molecule has 1 saturated heterocycles. The summed E-state index contributed by atoms with van der Waals surface area (Å²) in [5.74, 6) is -0.0538. The molecule has 1 aliphatic carbocycles. The maximum Gasteiger partial charge on any atom is 0.253 e. The van der Waals surface area contributed by atoms with Gasteiger partial charge in [-0.1, -0.05) is 23.7 Å². The molecule has 3 heterocycles. The molecular formula is C26H22ClN3O3S2. The van der Waals surface area contributed by atoms with Crippen molar-refractivity contribution in [2.24, 2.45) is 0 Å². The molecule has 1 aliphatic heterocycles. The predicted molar refractivity (Wildman–Crippen MR) is 139 cm³/mol. The minimum Gasteiger partial charge on any atom is -0.336 e. The van der Waals surface area contributed by atoms with E-state index in [1.807, 2.05) is 36.5 Å². The Morgan fingerprint density at radius 3 is 2.51 bits per heavy atom. The van der Waals surface area contributed by atoms with Gasteiger partial charge in [-0.25, -0.2) is 8.42 Å². The topological polar surface area (TPSA) is 70.6 Å². The summed E-state index contributed by atoms with van der Waals surface area (Å²) in [6.45, 7) is 1.27. The van der Waals surface area contributed by atoms with Crippen molar-refractivity contribution in [3.63, 3.8) is 0 Å². The molecule has 178 valence electrons. The van der Waals surface area contributed by atoms with Crippen molar-refractivity contribution in [3.8, 4) is 11.1 Å². The van der Waals surface area contributed by atoms with Gasteiger partial charge in [0.15, 0.2) is 0 Å². The van der Waals surface area contributed by atoms with Crippen LogP contribution in [0.3, 0.4) is 0 Å². The lowest BCUT2D eigenvalue weighted by molar-refractivity contribution is 0.0698. The van der Waals surface area contributed by atoms with Crippen molar-refractivity contribution in [1.29, 1.82) is 0 Å².